The number of urea groups is 1. The maximum absolute atomic E-state index is 13.7. The van der Waals surface area contributed by atoms with Gasteiger partial charge < -0.3 is 30.2 Å². The highest BCUT2D eigenvalue weighted by Crippen LogP contribution is 2.45. The van der Waals surface area contributed by atoms with Crippen molar-refractivity contribution in [1.82, 2.24) is 49.6 Å². The van der Waals surface area contributed by atoms with Gasteiger partial charge in [-0.25, -0.2) is 19.3 Å². The topological polar surface area (TPSA) is 159 Å². The molecule has 0 bridgehead atoms. The number of rotatable bonds is 14. The minimum absolute atomic E-state index is 0.0562. The van der Waals surface area contributed by atoms with Gasteiger partial charge in [0.2, 0.25) is 5.91 Å². The highest BCUT2D eigenvalue weighted by molar-refractivity contribution is 5.96. The lowest BCUT2D eigenvalue weighted by Crippen LogP contribution is -2.55. The van der Waals surface area contributed by atoms with Crippen LogP contribution in [0.2, 0.25) is 0 Å². The van der Waals surface area contributed by atoms with Crippen LogP contribution in [0.1, 0.15) is 58.3 Å². The fourth-order valence-electron chi connectivity index (χ4n) is 8.63. The normalized spacial score (nSPS) is 16.9. The molecule has 14 nitrogen and oxygen atoms in total. The highest BCUT2D eigenvalue weighted by atomic mass is 16.4. The predicted molar refractivity (Wildman–Crippen MR) is 245 cm³/mol. The van der Waals surface area contributed by atoms with E-state index in [1.54, 1.807) is 43.0 Å². The van der Waals surface area contributed by atoms with E-state index in [0.29, 0.717) is 31.2 Å². The summed E-state index contributed by atoms with van der Waals surface area (Å²) in [7, 11) is 8.22. The predicted octanol–water partition coefficient (Wildman–Crippen LogP) is 6.49. The maximum Gasteiger partial charge on any atom is 0.335 e. The SMILES string of the molecule is C=CCN1C[C@H](C(=O)N(CCCN(C)C)C(=O)NCC)C[C@@H]2c3cccc4[nH]cc(c34)C[C@H]21.CN(C)CCc1c[nH]c2ccc(Cn3cncn3)cc12.O=C(O)c1ccccc1. The number of carboxylic acids is 1. The van der Waals surface area contributed by atoms with Gasteiger partial charge in [0.15, 0.2) is 0 Å². The first-order chi connectivity index (χ1) is 30.0. The van der Waals surface area contributed by atoms with Crippen molar-refractivity contribution in [3.63, 3.8) is 0 Å². The summed E-state index contributed by atoms with van der Waals surface area (Å²) in [4.78, 5) is 55.6. The Bertz CT molecular complexity index is 2390. The van der Waals surface area contributed by atoms with Crippen LogP contribution in [0, 0.1) is 5.92 Å². The molecule has 4 N–H and O–H groups in total. The lowest BCUT2D eigenvalue weighted by Gasteiger charge is -2.47. The number of likely N-dealkylation sites (N-methyl/N-ethyl adjacent to an activating group) is 1. The van der Waals surface area contributed by atoms with Gasteiger partial charge in [0, 0.05) is 78.9 Å². The summed E-state index contributed by atoms with van der Waals surface area (Å²) in [5.74, 6) is -0.892. The number of carbonyl (C=O) groups excluding carboxylic acids is 2. The molecule has 0 unspecified atom stereocenters. The molecule has 1 aliphatic carbocycles. The van der Waals surface area contributed by atoms with Gasteiger partial charge in [-0.2, -0.15) is 5.10 Å². The van der Waals surface area contributed by atoms with Crippen LogP contribution in [0.5, 0.6) is 0 Å². The molecule has 1 aliphatic heterocycles. The summed E-state index contributed by atoms with van der Waals surface area (Å²) in [5, 5.41) is 18.0. The van der Waals surface area contributed by atoms with Crippen LogP contribution in [-0.2, 0) is 24.2 Å². The second-order valence-corrected chi connectivity index (χ2v) is 16.6. The van der Waals surface area contributed by atoms with Crippen LogP contribution >= 0.6 is 0 Å². The molecular weight excluding hydrogens is 781 g/mol. The molecule has 2 aliphatic rings. The third-order valence-electron chi connectivity index (χ3n) is 11.6. The zero-order chi connectivity index (χ0) is 44.2. The molecule has 0 radical (unpaired) electrons. The molecule has 328 valence electrons. The van der Waals surface area contributed by atoms with Crippen LogP contribution < -0.4 is 5.32 Å². The molecule has 8 rings (SSSR count). The monoisotopic (exact) mass is 842 g/mol. The summed E-state index contributed by atoms with van der Waals surface area (Å²) in [6, 6.07) is 21.3. The lowest BCUT2D eigenvalue weighted by atomic mass is 9.72. The zero-order valence-electron chi connectivity index (χ0n) is 36.8. The number of nitrogens with zero attached hydrogens (tertiary/aromatic N) is 7. The van der Waals surface area contributed by atoms with Gasteiger partial charge in [0.25, 0.3) is 0 Å². The van der Waals surface area contributed by atoms with Crippen molar-refractivity contribution in [3.8, 4) is 0 Å². The van der Waals surface area contributed by atoms with Crippen molar-refractivity contribution >= 4 is 39.7 Å². The van der Waals surface area contributed by atoms with E-state index >= 15 is 0 Å². The van der Waals surface area contributed by atoms with Crippen molar-refractivity contribution in [3.05, 3.63) is 132 Å². The molecule has 3 amide bonds. The van der Waals surface area contributed by atoms with Crippen LogP contribution in [-0.4, -0.2) is 141 Å². The van der Waals surface area contributed by atoms with Gasteiger partial charge in [-0.1, -0.05) is 42.5 Å². The van der Waals surface area contributed by atoms with Crippen molar-refractivity contribution < 1.29 is 19.5 Å². The molecule has 3 aromatic heterocycles. The second-order valence-electron chi connectivity index (χ2n) is 16.6. The Labute approximate surface area is 364 Å². The number of H-pyrrole nitrogens is 2. The Hall–Kier alpha value is -6.09. The Morgan fingerprint density at radius 1 is 0.952 bits per heavy atom. The summed E-state index contributed by atoms with van der Waals surface area (Å²) < 4.78 is 1.84. The fourth-order valence-corrected chi connectivity index (χ4v) is 8.63. The van der Waals surface area contributed by atoms with E-state index in [4.69, 9.17) is 5.11 Å². The molecule has 4 heterocycles. The van der Waals surface area contributed by atoms with E-state index in [-0.39, 0.29) is 23.8 Å². The Kier molecular flexibility index (Phi) is 15.8. The zero-order valence-corrected chi connectivity index (χ0v) is 36.8. The largest absolute Gasteiger partial charge is 0.478 e. The van der Waals surface area contributed by atoms with E-state index in [9.17, 15) is 14.4 Å². The van der Waals surface area contributed by atoms with Crippen molar-refractivity contribution in [2.24, 2.45) is 5.92 Å². The van der Waals surface area contributed by atoms with Gasteiger partial charge >= 0.3 is 12.0 Å². The summed E-state index contributed by atoms with van der Waals surface area (Å²) in [6.07, 6.45) is 13.0. The number of carbonyl (C=O) groups is 3. The molecule has 1 saturated heterocycles. The number of aromatic nitrogens is 5. The highest BCUT2D eigenvalue weighted by Gasteiger charge is 2.44. The number of likely N-dealkylation sites (tertiary alicyclic amines) is 1. The molecule has 14 heteroatoms. The van der Waals surface area contributed by atoms with Gasteiger partial charge in [-0.3, -0.25) is 14.6 Å². The van der Waals surface area contributed by atoms with Gasteiger partial charge in [-0.15, -0.1) is 6.58 Å². The minimum atomic E-state index is -0.879. The first-order valence-corrected chi connectivity index (χ1v) is 21.5. The quantitative estimate of drug-likeness (QED) is 0.0900. The van der Waals surface area contributed by atoms with Crippen LogP contribution in [0.3, 0.4) is 0 Å². The molecule has 6 aromatic rings. The molecule has 3 aromatic carbocycles. The molecule has 0 saturated carbocycles. The Morgan fingerprint density at radius 2 is 1.73 bits per heavy atom. The van der Waals surface area contributed by atoms with Crippen molar-refractivity contribution in [1.29, 1.82) is 0 Å². The van der Waals surface area contributed by atoms with E-state index in [1.165, 1.54) is 43.4 Å². The number of aromatic amines is 2. The number of carboxylic acid groups (broad SMARTS) is 1. The Morgan fingerprint density at radius 3 is 2.40 bits per heavy atom. The Balaban J connectivity index is 0.000000185. The number of amides is 3. The molecule has 62 heavy (non-hydrogen) atoms. The third-order valence-corrected chi connectivity index (χ3v) is 11.6. The average Bonchev–Trinajstić information content (AvgIpc) is 4.04. The van der Waals surface area contributed by atoms with E-state index < -0.39 is 5.97 Å². The molecule has 0 spiro atoms. The van der Waals surface area contributed by atoms with E-state index in [0.717, 1.165) is 57.4 Å². The smallest absolute Gasteiger partial charge is 0.335 e. The third kappa shape index (κ3) is 11.4. The van der Waals surface area contributed by atoms with Crippen molar-refractivity contribution in [2.45, 2.75) is 51.1 Å². The standard InChI is InChI=1S/C26H37N5O2.C15H19N5.C7H6O2/c1-5-11-30-17-19(25(32)31(26(33)27-6-2)13-8-12-29(3)4)14-21-20-9-7-10-22-24(20)18(16-28-22)15-23(21)30;1-19(2)6-5-13-8-17-15-4-3-12(7-14(13)15)9-20-11-16-10-18-20;8-7(9)6-4-2-1-3-5-6/h5,7,9-10,16,19,21,23,28H,1,6,8,11-15,17H2,2-4H3,(H,27,33);3-4,7-8,10-11,17H,5-6,9H2,1-2H3;1-5H,(H,8,9)/t19-,21-,23-;;/m1../s1. The number of hydrogen-bond donors (Lipinski definition) is 4. The van der Waals surface area contributed by atoms with Crippen molar-refractivity contribution in [2.75, 3.05) is 67.5 Å². The summed E-state index contributed by atoms with van der Waals surface area (Å²) in [6.45, 7) is 10.8. The first-order valence-electron chi connectivity index (χ1n) is 21.5. The number of imide groups is 1. The van der Waals surface area contributed by atoms with E-state index in [2.05, 4.69) is 110 Å². The van der Waals surface area contributed by atoms with Crippen LogP contribution in [0.25, 0.3) is 21.8 Å². The van der Waals surface area contributed by atoms with Crippen LogP contribution in [0.15, 0.2) is 104 Å². The number of piperidine rings is 1. The van der Waals surface area contributed by atoms with Gasteiger partial charge in [-0.05, 0) is 120 Å². The van der Waals surface area contributed by atoms with Gasteiger partial charge in [0.1, 0.15) is 12.7 Å². The first kappa shape index (κ1) is 45.4. The lowest BCUT2D eigenvalue weighted by molar-refractivity contribution is -0.135. The molecular formula is C48H62N10O4. The van der Waals surface area contributed by atoms with Crippen LogP contribution in [0.4, 0.5) is 4.79 Å². The minimum Gasteiger partial charge on any atom is -0.478 e. The number of hydrogen-bond acceptors (Lipinski definition) is 8. The number of fused-ring (bicyclic) bond motifs is 3. The van der Waals surface area contributed by atoms with Gasteiger partial charge in [0.05, 0.1) is 18.0 Å². The second kappa shape index (κ2) is 21.6. The number of benzene rings is 3. The maximum atomic E-state index is 13.7. The average molecular weight is 843 g/mol. The van der Waals surface area contributed by atoms with E-state index in [1.807, 2.05) is 31.8 Å². The summed E-state index contributed by atoms with van der Waals surface area (Å²) in [5.41, 5.74) is 7.98. The fraction of sp³-hybridized carbons (Fsp3) is 0.396. The molecule has 1 fully saturated rings. The number of aromatic carboxylic acids is 1. The number of nitrogens with one attached hydrogen (secondary N) is 3. The molecule has 3 atom stereocenters. The summed E-state index contributed by atoms with van der Waals surface area (Å²) >= 11 is 0.